The lowest BCUT2D eigenvalue weighted by molar-refractivity contribution is -0.124. The first kappa shape index (κ1) is 16.2. The van der Waals surface area contributed by atoms with Gasteiger partial charge in [-0.05, 0) is 37.1 Å². The summed E-state index contributed by atoms with van der Waals surface area (Å²) >= 11 is 3.38. The number of anilines is 1. The smallest absolute Gasteiger partial charge is 0.270 e. The number of hydrazone groups is 1. The molecule has 5 nitrogen and oxygen atoms in total. The first-order valence-corrected chi connectivity index (χ1v) is 8.90. The van der Waals surface area contributed by atoms with Crippen molar-refractivity contribution in [2.24, 2.45) is 5.10 Å². The van der Waals surface area contributed by atoms with Crippen LogP contribution in [0.25, 0.3) is 0 Å². The van der Waals surface area contributed by atoms with Gasteiger partial charge in [-0.15, -0.1) is 0 Å². The molecule has 0 bridgehead atoms. The Morgan fingerprint density at radius 2 is 1.65 bits per heavy atom. The molecular weight excluding hydrogens is 358 g/mol. The Labute approximate surface area is 144 Å². The average Bonchev–Trinajstić information content (AvgIpc) is 2.85. The van der Waals surface area contributed by atoms with Crippen LogP contribution in [0, 0.1) is 0 Å². The minimum atomic E-state index is -0.0697. The number of rotatable bonds is 2. The molecule has 0 unspecified atom stereocenters. The SMILES string of the molecule is O=C(C1=NN(c2ccc(Br)cc2)C(=O)CC1)N1CCCCCC1. The van der Waals surface area contributed by atoms with E-state index in [0.717, 1.165) is 30.4 Å². The zero-order chi connectivity index (χ0) is 16.2. The third-order valence-corrected chi connectivity index (χ3v) is 4.77. The normalized spacial score (nSPS) is 19.3. The van der Waals surface area contributed by atoms with Gasteiger partial charge in [-0.25, -0.2) is 5.01 Å². The van der Waals surface area contributed by atoms with Gasteiger partial charge < -0.3 is 4.90 Å². The Bertz CT molecular complexity index is 619. The number of carbonyl (C=O) groups excluding carboxylic acids is 2. The molecule has 122 valence electrons. The minimum Gasteiger partial charge on any atom is -0.338 e. The number of hydrogen-bond acceptors (Lipinski definition) is 3. The molecule has 2 amide bonds. The predicted molar refractivity (Wildman–Crippen MR) is 93.3 cm³/mol. The zero-order valence-electron chi connectivity index (χ0n) is 13.0. The fraction of sp³-hybridized carbons (Fsp3) is 0.471. The summed E-state index contributed by atoms with van der Waals surface area (Å²) in [6, 6.07) is 7.38. The van der Waals surface area contributed by atoms with E-state index in [1.54, 1.807) is 0 Å². The van der Waals surface area contributed by atoms with Crippen molar-refractivity contribution >= 4 is 39.1 Å². The number of nitrogens with zero attached hydrogens (tertiary/aromatic N) is 3. The number of carbonyl (C=O) groups is 2. The van der Waals surface area contributed by atoms with E-state index < -0.39 is 0 Å². The quantitative estimate of drug-likeness (QED) is 0.793. The highest BCUT2D eigenvalue weighted by atomic mass is 79.9. The Balaban J connectivity index is 1.81. The van der Waals surface area contributed by atoms with E-state index in [1.807, 2.05) is 29.2 Å². The van der Waals surface area contributed by atoms with Crippen molar-refractivity contribution in [1.82, 2.24) is 4.90 Å². The van der Waals surface area contributed by atoms with E-state index in [0.29, 0.717) is 24.2 Å². The van der Waals surface area contributed by atoms with Crippen LogP contribution in [-0.2, 0) is 9.59 Å². The third kappa shape index (κ3) is 3.80. The molecule has 1 aromatic carbocycles. The van der Waals surface area contributed by atoms with Crippen LogP contribution in [0.1, 0.15) is 38.5 Å². The lowest BCUT2D eigenvalue weighted by atomic mass is 10.1. The Morgan fingerprint density at radius 3 is 2.30 bits per heavy atom. The van der Waals surface area contributed by atoms with Gasteiger partial charge in [0.25, 0.3) is 5.91 Å². The Kier molecular flexibility index (Phi) is 5.10. The summed E-state index contributed by atoms with van der Waals surface area (Å²) < 4.78 is 0.940. The molecule has 23 heavy (non-hydrogen) atoms. The average molecular weight is 378 g/mol. The molecule has 1 saturated heterocycles. The summed E-state index contributed by atoms with van der Waals surface area (Å²) in [7, 11) is 0. The minimum absolute atomic E-state index is 0.0125. The van der Waals surface area contributed by atoms with Gasteiger partial charge in [-0.2, -0.15) is 5.10 Å². The first-order chi connectivity index (χ1) is 11.1. The maximum atomic E-state index is 12.7. The lowest BCUT2D eigenvalue weighted by Crippen LogP contribution is -2.42. The molecule has 3 rings (SSSR count). The summed E-state index contributed by atoms with van der Waals surface area (Å²) in [6.07, 6.45) is 5.22. The molecule has 2 heterocycles. The summed E-state index contributed by atoms with van der Waals surface area (Å²) in [6.45, 7) is 1.59. The van der Waals surface area contributed by atoms with Crippen molar-refractivity contribution in [1.29, 1.82) is 0 Å². The van der Waals surface area contributed by atoms with Crippen LogP contribution in [0.3, 0.4) is 0 Å². The maximum Gasteiger partial charge on any atom is 0.270 e. The highest BCUT2D eigenvalue weighted by Gasteiger charge is 2.28. The fourth-order valence-corrected chi connectivity index (χ4v) is 3.21. The molecule has 2 aliphatic heterocycles. The monoisotopic (exact) mass is 377 g/mol. The van der Waals surface area contributed by atoms with Crippen LogP contribution < -0.4 is 5.01 Å². The van der Waals surface area contributed by atoms with Crippen LogP contribution in [-0.4, -0.2) is 35.5 Å². The Morgan fingerprint density at radius 1 is 1.00 bits per heavy atom. The molecule has 0 atom stereocenters. The van der Waals surface area contributed by atoms with Crippen LogP contribution in [0.15, 0.2) is 33.8 Å². The van der Waals surface area contributed by atoms with Gasteiger partial charge in [-0.1, -0.05) is 28.8 Å². The fourth-order valence-electron chi connectivity index (χ4n) is 2.95. The van der Waals surface area contributed by atoms with E-state index in [4.69, 9.17) is 0 Å². The molecule has 0 radical (unpaired) electrons. The van der Waals surface area contributed by atoms with Gasteiger partial charge in [0.2, 0.25) is 5.91 Å². The van der Waals surface area contributed by atoms with Crippen molar-refractivity contribution in [3.63, 3.8) is 0 Å². The van der Waals surface area contributed by atoms with Crippen LogP contribution in [0.2, 0.25) is 0 Å². The summed E-state index contributed by atoms with van der Waals surface area (Å²) in [5.41, 5.74) is 1.19. The van der Waals surface area contributed by atoms with E-state index in [1.165, 1.54) is 17.9 Å². The molecule has 1 aromatic rings. The van der Waals surface area contributed by atoms with E-state index in [-0.39, 0.29) is 11.8 Å². The van der Waals surface area contributed by atoms with E-state index in [2.05, 4.69) is 21.0 Å². The molecule has 2 aliphatic rings. The maximum absolute atomic E-state index is 12.7. The zero-order valence-corrected chi connectivity index (χ0v) is 14.6. The number of benzene rings is 1. The first-order valence-electron chi connectivity index (χ1n) is 8.10. The topological polar surface area (TPSA) is 53.0 Å². The Hall–Kier alpha value is -1.69. The number of amides is 2. The standard InChI is InChI=1S/C17H20BrN3O2/c18-13-5-7-14(8-6-13)21-16(22)10-9-15(19-21)17(23)20-11-3-1-2-4-12-20/h5-8H,1-4,9-12H2. The van der Waals surface area contributed by atoms with Crippen molar-refractivity contribution in [2.75, 3.05) is 18.1 Å². The van der Waals surface area contributed by atoms with Crippen LogP contribution >= 0.6 is 15.9 Å². The second-order valence-corrected chi connectivity index (χ2v) is 6.85. The molecule has 0 aliphatic carbocycles. The second-order valence-electron chi connectivity index (χ2n) is 5.94. The third-order valence-electron chi connectivity index (χ3n) is 4.24. The molecular formula is C17H20BrN3O2. The molecule has 0 spiro atoms. The van der Waals surface area contributed by atoms with Gasteiger partial charge in [0.15, 0.2) is 0 Å². The van der Waals surface area contributed by atoms with Crippen molar-refractivity contribution in [2.45, 2.75) is 38.5 Å². The van der Waals surface area contributed by atoms with Gasteiger partial charge in [0.1, 0.15) is 5.71 Å². The molecule has 0 N–H and O–H groups in total. The number of hydrogen-bond donors (Lipinski definition) is 0. The highest BCUT2D eigenvalue weighted by molar-refractivity contribution is 9.10. The van der Waals surface area contributed by atoms with Crippen molar-refractivity contribution < 1.29 is 9.59 Å². The number of halogens is 1. The highest BCUT2D eigenvalue weighted by Crippen LogP contribution is 2.23. The van der Waals surface area contributed by atoms with E-state index >= 15 is 0 Å². The van der Waals surface area contributed by atoms with Gasteiger partial charge in [-0.3, -0.25) is 9.59 Å². The van der Waals surface area contributed by atoms with E-state index in [9.17, 15) is 9.59 Å². The van der Waals surface area contributed by atoms with Gasteiger partial charge >= 0.3 is 0 Å². The largest absolute Gasteiger partial charge is 0.338 e. The number of likely N-dealkylation sites (tertiary alicyclic amines) is 1. The molecule has 0 saturated carbocycles. The van der Waals surface area contributed by atoms with Gasteiger partial charge in [0.05, 0.1) is 5.69 Å². The van der Waals surface area contributed by atoms with Crippen LogP contribution in [0.5, 0.6) is 0 Å². The second kappa shape index (κ2) is 7.25. The van der Waals surface area contributed by atoms with Crippen molar-refractivity contribution in [3.05, 3.63) is 28.7 Å². The van der Waals surface area contributed by atoms with Crippen LogP contribution in [0.4, 0.5) is 5.69 Å². The summed E-state index contributed by atoms with van der Waals surface area (Å²) in [4.78, 5) is 26.7. The molecule has 0 aromatic heterocycles. The van der Waals surface area contributed by atoms with Crippen molar-refractivity contribution in [3.8, 4) is 0 Å². The van der Waals surface area contributed by atoms with Gasteiger partial charge in [0, 0.05) is 30.4 Å². The molecule has 1 fully saturated rings. The molecule has 6 heteroatoms. The summed E-state index contributed by atoms with van der Waals surface area (Å²) in [5.74, 6) is -0.0822. The lowest BCUT2D eigenvalue weighted by Gasteiger charge is -2.26. The predicted octanol–water partition coefficient (Wildman–Crippen LogP) is 3.33. The summed E-state index contributed by atoms with van der Waals surface area (Å²) in [5, 5.41) is 5.72.